The highest BCUT2D eigenvalue weighted by molar-refractivity contribution is 14.1. The van der Waals surface area contributed by atoms with Crippen LogP contribution in [0.1, 0.15) is 30.6 Å². The lowest BCUT2D eigenvalue weighted by atomic mass is 9.93. The summed E-state index contributed by atoms with van der Waals surface area (Å²) in [6.07, 6.45) is 5.13. The molecule has 2 rings (SSSR count). The molecule has 1 saturated heterocycles. The standard InChI is InChI=1S/C14H21IN2OS/c15-13-3-2-12(19-13)7-10-17-14(18)4-1-11-5-8-16-9-6-11/h2-3,11,16H,1,4-10H2,(H,17,18). The molecule has 0 unspecified atom stereocenters. The summed E-state index contributed by atoms with van der Waals surface area (Å²) < 4.78 is 1.31. The predicted molar refractivity (Wildman–Crippen MR) is 88.6 cm³/mol. The van der Waals surface area contributed by atoms with Crippen LogP contribution in [-0.2, 0) is 11.2 Å². The van der Waals surface area contributed by atoms with Gasteiger partial charge in [0, 0.05) is 17.8 Å². The molecule has 1 aromatic rings. The molecule has 3 nitrogen and oxygen atoms in total. The minimum atomic E-state index is 0.213. The van der Waals surface area contributed by atoms with Crippen molar-refractivity contribution < 1.29 is 4.79 Å². The first-order valence-electron chi connectivity index (χ1n) is 6.95. The highest BCUT2D eigenvalue weighted by Crippen LogP contribution is 2.19. The van der Waals surface area contributed by atoms with Crippen LogP contribution >= 0.6 is 33.9 Å². The molecule has 0 bridgehead atoms. The number of thiophene rings is 1. The summed E-state index contributed by atoms with van der Waals surface area (Å²) in [4.78, 5) is 13.1. The molecule has 0 radical (unpaired) electrons. The van der Waals surface area contributed by atoms with Crippen molar-refractivity contribution in [1.29, 1.82) is 0 Å². The van der Waals surface area contributed by atoms with Crippen LogP contribution in [0.2, 0.25) is 0 Å². The molecule has 1 amide bonds. The van der Waals surface area contributed by atoms with Crippen LogP contribution in [0.5, 0.6) is 0 Å². The third-order valence-corrected chi connectivity index (χ3v) is 5.51. The van der Waals surface area contributed by atoms with E-state index >= 15 is 0 Å². The molecule has 0 saturated carbocycles. The second-order valence-electron chi connectivity index (χ2n) is 5.04. The molecular weight excluding hydrogens is 371 g/mol. The van der Waals surface area contributed by atoms with Crippen LogP contribution in [0.25, 0.3) is 0 Å². The number of carbonyl (C=O) groups is 1. The molecule has 1 aliphatic rings. The summed E-state index contributed by atoms with van der Waals surface area (Å²) in [5, 5.41) is 6.39. The van der Waals surface area contributed by atoms with E-state index in [0.29, 0.717) is 6.42 Å². The molecule has 106 valence electrons. The van der Waals surface area contributed by atoms with Crippen molar-refractivity contribution in [2.75, 3.05) is 19.6 Å². The summed E-state index contributed by atoms with van der Waals surface area (Å²) in [5.74, 6) is 0.954. The summed E-state index contributed by atoms with van der Waals surface area (Å²) in [5.41, 5.74) is 0. The summed E-state index contributed by atoms with van der Waals surface area (Å²) in [6.45, 7) is 2.99. The average Bonchev–Trinajstić information content (AvgIpc) is 2.83. The van der Waals surface area contributed by atoms with Gasteiger partial charge in [0.1, 0.15) is 0 Å². The third kappa shape index (κ3) is 5.79. The van der Waals surface area contributed by atoms with Gasteiger partial charge in [0.05, 0.1) is 2.88 Å². The Bertz CT molecular complexity index is 402. The van der Waals surface area contributed by atoms with Crippen molar-refractivity contribution in [2.24, 2.45) is 5.92 Å². The first-order chi connectivity index (χ1) is 9.24. The van der Waals surface area contributed by atoms with Gasteiger partial charge in [-0.3, -0.25) is 4.79 Å². The van der Waals surface area contributed by atoms with Crippen LogP contribution < -0.4 is 10.6 Å². The fraction of sp³-hybridized carbons (Fsp3) is 0.643. The maximum Gasteiger partial charge on any atom is 0.220 e. The first kappa shape index (κ1) is 15.3. The van der Waals surface area contributed by atoms with Crippen molar-refractivity contribution in [2.45, 2.75) is 32.1 Å². The largest absolute Gasteiger partial charge is 0.356 e. The molecule has 0 aromatic carbocycles. The normalized spacial score (nSPS) is 16.5. The monoisotopic (exact) mass is 392 g/mol. The molecule has 1 fully saturated rings. The Morgan fingerprint density at radius 3 is 2.89 bits per heavy atom. The Morgan fingerprint density at radius 1 is 1.42 bits per heavy atom. The van der Waals surface area contributed by atoms with Gasteiger partial charge in [-0.15, -0.1) is 11.3 Å². The minimum Gasteiger partial charge on any atom is -0.356 e. The highest BCUT2D eigenvalue weighted by Gasteiger charge is 2.14. The topological polar surface area (TPSA) is 41.1 Å². The zero-order valence-corrected chi connectivity index (χ0v) is 14.1. The number of carbonyl (C=O) groups excluding carboxylic acids is 1. The fourth-order valence-corrected chi connectivity index (χ4v) is 4.16. The summed E-state index contributed by atoms with van der Waals surface area (Å²) in [7, 11) is 0. The van der Waals surface area contributed by atoms with Gasteiger partial charge in [0.15, 0.2) is 0 Å². The van der Waals surface area contributed by atoms with Gasteiger partial charge >= 0.3 is 0 Å². The Hall–Kier alpha value is -0.140. The smallest absolute Gasteiger partial charge is 0.220 e. The van der Waals surface area contributed by atoms with Gasteiger partial charge in [-0.05, 0) is 79.4 Å². The van der Waals surface area contributed by atoms with Crippen LogP contribution in [-0.4, -0.2) is 25.5 Å². The van der Waals surface area contributed by atoms with E-state index in [9.17, 15) is 4.79 Å². The van der Waals surface area contributed by atoms with Crippen LogP contribution in [0, 0.1) is 8.80 Å². The van der Waals surface area contributed by atoms with E-state index in [4.69, 9.17) is 0 Å². The SMILES string of the molecule is O=C(CCC1CCNCC1)NCCc1ccc(I)s1. The molecule has 1 aliphatic heterocycles. The molecule has 5 heteroatoms. The molecule has 0 atom stereocenters. The van der Waals surface area contributed by atoms with Gasteiger partial charge in [0.2, 0.25) is 5.91 Å². The van der Waals surface area contributed by atoms with Crippen molar-refractivity contribution in [1.82, 2.24) is 10.6 Å². The van der Waals surface area contributed by atoms with E-state index < -0.39 is 0 Å². The lowest BCUT2D eigenvalue weighted by molar-refractivity contribution is -0.121. The van der Waals surface area contributed by atoms with Gasteiger partial charge in [-0.2, -0.15) is 0 Å². The third-order valence-electron chi connectivity index (χ3n) is 3.56. The number of hydrogen-bond donors (Lipinski definition) is 2. The van der Waals surface area contributed by atoms with E-state index in [1.165, 1.54) is 20.6 Å². The second-order valence-corrected chi connectivity index (χ2v) is 8.10. The second kappa shape index (κ2) is 8.21. The molecule has 2 heterocycles. The van der Waals surface area contributed by atoms with Crippen molar-refractivity contribution in [3.8, 4) is 0 Å². The van der Waals surface area contributed by atoms with Gasteiger partial charge in [-0.1, -0.05) is 0 Å². The van der Waals surface area contributed by atoms with E-state index in [1.54, 1.807) is 11.3 Å². The summed E-state index contributed by atoms with van der Waals surface area (Å²) >= 11 is 4.13. The molecule has 1 aromatic heterocycles. The van der Waals surface area contributed by atoms with E-state index in [0.717, 1.165) is 38.4 Å². The molecule has 19 heavy (non-hydrogen) atoms. The fourth-order valence-electron chi connectivity index (χ4n) is 2.41. The lowest BCUT2D eigenvalue weighted by Gasteiger charge is -2.22. The van der Waals surface area contributed by atoms with Crippen molar-refractivity contribution in [3.05, 3.63) is 19.9 Å². The maximum absolute atomic E-state index is 11.8. The van der Waals surface area contributed by atoms with E-state index in [2.05, 4.69) is 45.4 Å². The predicted octanol–water partition coefficient (Wildman–Crippen LogP) is 2.79. The van der Waals surface area contributed by atoms with Gasteiger partial charge in [-0.25, -0.2) is 0 Å². The molecule has 0 spiro atoms. The molecular formula is C14H21IN2OS. The van der Waals surface area contributed by atoms with Crippen LogP contribution in [0.4, 0.5) is 0 Å². The Balaban J connectivity index is 1.56. The van der Waals surface area contributed by atoms with E-state index in [1.807, 2.05) is 0 Å². The molecule has 2 N–H and O–H groups in total. The lowest BCUT2D eigenvalue weighted by Crippen LogP contribution is -2.30. The van der Waals surface area contributed by atoms with Crippen molar-refractivity contribution in [3.63, 3.8) is 0 Å². The number of halogens is 1. The number of piperidine rings is 1. The first-order valence-corrected chi connectivity index (χ1v) is 8.85. The Kier molecular flexibility index (Phi) is 6.59. The van der Waals surface area contributed by atoms with Gasteiger partial charge < -0.3 is 10.6 Å². The number of hydrogen-bond acceptors (Lipinski definition) is 3. The Morgan fingerprint density at radius 2 is 2.21 bits per heavy atom. The highest BCUT2D eigenvalue weighted by atomic mass is 127. The average molecular weight is 392 g/mol. The number of rotatable bonds is 6. The zero-order valence-electron chi connectivity index (χ0n) is 11.1. The van der Waals surface area contributed by atoms with Crippen LogP contribution in [0.3, 0.4) is 0 Å². The minimum absolute atomic E-state index is 0.213. The molecule has 0 aliphatic carbocycles. The quantitative estimate of drug-likeness (QED) is 0.732. The number of nitrogens with one attached hydrogen (secondary N) is 2. The van der Waals surface area contributed by atoms with Crippen LogP contribution in [0.15, 0.2) is 12.1 Å². The maximum atomic E-state index is 11.8. The Labute approximate surface area is 132 Å². The number of amides is 1. The van der Waals surface area contributed by atoms with Crippen molar-refractivity contribution >= 4 is 39.8 Å². The summed E-state index contributed by atoms with van der Waals surface area (Å²) in [6, 6.07) is 4.27. The van der Waals surface area contributed by atoms with Gasteiger partial charge in [0.25, 0.3) is 0 Å². The van der Waals surface area contributed by atoms with E-state index in [-0.39, 0.29) is 5.91 Å². The zero-order chi connectivity index (χ0) is 13.5.